The van der Waals surface area contributed by atoms with Crippen molar-refractivity contribution in [1.82, 2.24) is 0 Å². The molecule has 1 unspecified atom stereocenters. The van der Waals surface area contributed by atoms with E-state index < -0.39 is 0 Å². The van der Waals surface area contributed by atoms with Gasteiger partial charge in [0, 0.05) is 19.2 Å². The van der Waals surface area contributed by atoms with E-state index in [2.05, 4.69) is 6.92 Å². The fraction of sp³-hybridized carbons (Fsp3) is 0.533. The molecule has 1 atom stereocenters. The van der Waals surface area contributed by atoms with Gasteiger partial charge in [-0.05, 0) is 43.5 Å². The molecule has 0 spiro atoms. The lowest BCUT2D eigenvalue weighted by atomic mass is 9.96. The smallest absolute Gasteiger partial charge is 0.226 e. The molecule has 1 aromatic carbocycles. The van der Waals surface area contributed by atoms with Gasteiger partial charge in [0.25, 0.3) is 0 Å². The van der Waals surface area contributed by atoms with Crippen molar-refractivity contribution >= 4 is 11.6 Å². The van der Waals surface area contributed by atoms with E-state index in [1.165, 1.54) is 17.0 Å². The molecule has 0 radical (unpaired) electrons. The molecule has 1 aromatic rings. The molecular formula is C15H23FN2O. The predicted molar refractivity (Wildman–Crippen MR) is 76.5 cm³/mol. The van der Waals surface area contributed by atoms with Crippen LogP contribution in [0.1, 0.15) is 32.6 Å². The first-order chi connectivity index (χ1) is 9.08. The number of nitrogens with two attached hydrogens (primary N) is 1. The second kappa shape index (κ2) is 7.89. The van der Waals surface area contributed by atoms with Gasteiger partial charge in [0.05, 0.1) is 0 Å². The zero-order chi connectivity index (χ0) is 14.3. The van der Waals surface area contributed by atoms with Crippen LogP contribution in [0.4, 0.5) is 10.1 Å². The van der Waals surface area contributed by atoms with Crippen LogP contribution in [0, 0.1) is 11.7 Å². The van der Waals surface area contributed by atoms with E-state index in [-0.39, 0.29) is 11.7 Å². The standard InChI is InChI=1S/C15H23FN2O/c1-3-12(9-10-17)7-8-15(19)18(2)14-6-4-5-13(16)11-14/h4-6,11-12H,3,7-10,17H2,1-2H3. The fourth-order valence-electron chi connectivity index (χ4n) is 2.11. The summed E-state index contributed by atoms with van der Waals surface area (Å²) in [5.74, 6) is 0.183. The summed E-state index contributed by atoms with van der Waals surface area (Å²) in [6.45, 7) is 2.77. The summed E-state index contributed by atoms with van der Waals surface area (Å²) in [6, 6.07) is 6.08. The monoisotopic (exact) mass is 266 g/mol. The van der Waals surface area contributed by atoms with Crippen LogP contribution in [0.3, 0.4) is 0 Å². The minimum absolute atomic E-state index is 0.0149. The topological polar surface area (TPSA) is 46.3 Å². The number of benzene rings is 1. The maximum atomic E-state index is 13.1. The molecule has 0 heterocycles. The molecule has 0 bridgehead atoms. The quantitative estimate of drug-likeness (QED) is 0.824. The van der Waals surface area contributed by atoms with E-state index >= 15 is 0 Å². The van der Waals surface area contributed by atoms with Gasteiger partial charge in [-0.15, -0.1) is 0 Å². The number of carbonyl (C=O) groups is 1. The van der Waals surface area contributed by atoms with E-state index in [9.17, 15) is 9.18 Å². The predicted octanol–water partition coefficient (Wildman–Crippen LogP) is 2.94. The molecule has 4 heteroatoms. The minimum atomic E-state index is -0.327. The van der Waals surface area contributed by atoms with E-state index in [1.54, 1.807) is 19.2 Å². The molecule has 3 nitrogen and oxygen atoms in total. The van der Waals surface area contributed by atoms with Crippen molar-refractivity contribution in [2.45, 2.75) is 32.6 Å². The van der Waals surface area contributed by atoms with Crippen molar-refractivity contribution < 1.29 is 9.18 Å². The second-order valence-corrected chi connectivity index (χ2v) is 4.82. The highest BCUT2D eigenvalue weighted by atomic mass is 19.1. The molecule has 0 fully saturated rings. The Balaban J connectivity index is 2.53. The van der Waals surface area contributed by atoms with Gasteiger partial charge >= 0.3 is 0 Å². The van der Waals surface area contributed by atoms with Crippen molar-refractivity contribution in [3.05, 3.63) is 30.1 Å². The number of amides is 1. The summed E-state index contributed by atoms with van der Waals surface area (Å²) in [7, 11) is 1.68. The lowest BCUT2D eigenvalue weighted by molar-refractivity contribution is -0.118. The van der Waals surface area contributed by atoms with Crippen molar-refractivity contribution in [2.75, 3.05) is 18.5 Å². The van der Waals surface area contributed by atoms with Crippen LogP contribution in [0.2, 0.25) is 0 Å². The Kier molecular flexibility index (Phi) is 6.50. The first-order valence-electron chi connectivity index (χ1n) is 6.80. The largest absolute Gasteiger partial charge is 0.330 e. The van der Waals surface area contributed by atoms with Crippen molar-refractivity contribution in [1.29, 1.82) is 0 Å². The summed E-state index contributed by atoms with van der Waals surface area (Å²) in [5, 5.41) is 0. The fourth-order valence-corrected chi connectivity index (χ4v) is 2.11. The highest BCUT2D eigenvalue weighted by molar-refractivity contribution is 5.92. The molecule has 0 aromatic heterocycles. The number of hydrogen-bond acceptors (Lipinski definition) is 2. The summed E-state index contributed by atoms with van der Waals surface area (Å²) in [5.41, 5.74) is 6.14. The van der Waals surface area contributed by atoms with Crippen molar-refractivity contribution in [3.8, 4) is 0 Å². The minimum Gasteiger partial charge on any atom is -0.330 e. The van der Waals surface area contributed by atoms with Gasteiger partial charge in [-0.25, -0.2) is 4.39 Å². The van der Waals surface area contributed by atoms with Crippen LogP contribution in [-0.2, 0) is 4.79 Å². The molecule has 0 aliphatic rings. The Labute approximate surface area is 114 Å². The van der Waals surface area contributed by atoms with Crippen LogP contribution in [-0.4, -0.2) is 19.5 Å². The van der Waals surface area contributed by atoms with E-state index in [4.69, 9.17) is 5.73 Å². The Morgan fingerprint density at radius 3 is 2.74 bits per heavy atom. The Hall–Kier alpha value is -1.42. The lowest BCUT2D eigenvalue weighted by Gasteiger charge is -2.19. The average molecular weight is 266 g/mol. The van der Waals surface area contributed by atoms with E-state index in [0.29, 0.717) is 24.6 Å². The van der Waals surface area contributed by atoms with Gasteiger partial charge in [-0.1, -0.05) is 19.4 Å². The molecular weight excluding hydrogens is 243 g/mol. The Morgan fingerprint density at radius 1 is 1.42 bits per heavy atom. The highest BCUT2D eigenvalue weighted by Gasteiger charge is 2.14. The highest BCUT2D eigenvalue weighted by Crippen LogP contribution is 2.18. The van der Waals surface area contributed by atoms with E-state index in [1.807, 2.05) is 0 Å². The number of nitrogens with zero attached hydrogens (tertiary/aromatic N) is 1. The maximum absolute atomic E-state index is 13.1. The molecule has 19 heavy (non-hydrogen) atoms. The second-order valence-electron chi connectivity index (χ2n) is 4.82. The van der Waals surface area contributed by atoms with Crippen LogP contribution in [0.15, 0.2) is 24.3 Å². The van der Waals surface area contributed by atoms with Crippen LogP contribution in [0.5, 0.6) is 0 Å². The third kappa shape index (κ3) is 4.99. The maximum Gasteiger partial charge on any atom is 0.226 e. The zero-order valence-electron chi connectivity index (χ0n) is 11.7. The Bertz CT molecular complexity index is 409. The average Bonchev–Trinajstić information content (AvgIpc) is 2.42. The summed E-state index contributed by atoms with van der Waals surface area (Å²) in [4.78, 5) is 13.6. The van der Waals surface area contributed by atoms with Crippen LogP contribution in [0.25, 0.3) is 0 Å². The lowest BCUT2D eigenvalue weighted by Crippen LogP contribution is -2.26. The van der Waals surface area contributed by atoms with Crippen molar-refractivity contribution in [2.24, 2.45) is 11.7 Å². The number of rotatable bonds is 7. The number of hydrogen-bond donors (Lipinski definition) is 1. The number of anilines is 1. The SMILES string of the molecule is CCC(CCN)CCC(=O)N(C)c1cccc(F)c1. The molecule has 0 aliphatic carbocycles. The summed E-state index contributed by atoms with van der Waals surface area (Å²) in [6.07, 6.45) is 3.30. The van der Waals surface area contributed by atoms with Gasteiger partial charge in [-0.2, -0.15) is 0 Å². The van der Waals surface area contributed by atoms with Gasteiger partial charge in [-0.3, -0.25) is 4.79 Å². The molecule has 2 N–H and O–H groups in total. The molecule has 1 amide bonds. The van der Waals surface area contributed by atoms with Gasteiger partial charge in [0.1, 0.15) is 5.82 Å². The van der Waals surface area contributed by atoms with Crippen LogP contribution < -0.4 is 10.6 Å². The third-order valence-electron chi connectivity index (χ3n) is 3.49. The summed E-state index contributed by atoms with van der Waals surface area (Å²) >= 11 is 0. The normalized spacial score (nSPS) is 12.2. The van der Waals surface area contributed by atoms with Crippen molar-refractivity contribution in [3.63, 3.8) is 0 Å². The van der Waals surface area contributed by atoms with E-state index in [0.717, 1.165) is 19.3 Å². The molecule has 0 saturated carbocycles. The first kappa shape index (κ1) is 15.6. The van der Waals surface area contributed by atoms with Crippen LogP contribution >= 0.6 is 0 Å². The first-order valence-corrected chi connectivity index (χ1v) is 6.80. The number of halogens is 1. The molecule has 0 aliphatic heterocycles. The zero-order valence-corrected chi connectivity index (χ0v) is 11.7. The third-order valence-corrected chi connectivity index (χ3v) is 3.49. The Morgan fingerprint density at radius 2 is 2.16 bits per heavy atom. The molecule has 106 valence electrons. The summed E-state index contributed by atoms with van der Waals surface area (Å²) < 4.78 is 13.1. The van der Waals surface area contributed by atoms with Gasteiger partial charge < -0.3 is 10.6 Å². The van der Waals surface area contributed by atoms with Gasteiger partial charge in [0.15, 0.2) is 0 Å². The molecule has 0 saturated heterocycles. The molecule has 1 rings (SSSR count). The number of carbonyl (C=O) groups excluding carboxylic acids is 1. The van der Waals surface area contributed by atoms with Gasteiger partial charge in [0.2, 0.25) is 5.91 Å².